The molecule has 0 aromatic carbocycles. The number of hydrogen-bond acceptors (Lipinski definition) is 4. The first-order valence-electron chi connectivity index (χ1n) is 8.69. The Kier molecular flexibility index (Phi) is 5.31. The number of nitrogens with one attached hydrogen (secondary N) is 1. The van der Waals surface area contributed by atoms with Crippen molar-refractivity contribution in [2.24, 2.45) is 5.92 Å². The van der Waals surface area contributed by atoms with E-state index in [4.69, 9.17) is 11.6 Å². The van der Waals surface area contributed by atoms with Crippen molar-refractivity contribution in [1.29, 1.82) is 0 Å². The molecule has 0 atom stereocenters. The second kappa shape index (κ2) is 7.49. The number of amides is 2. The number of nitrogens with zero attached hydrogens (tertiary/aromatic N) is 5. The summed E-state index contributed by atoms with van der Waals surface area (Å²) in [6.45, 7) is 8.36. The molecule has 3 rings (SSSR count). The molecule has 3 heterocycles. The van der Waals surface area contributed by atoms with Crippen LogP contribution >= 0.6 is 11.6 Å². The van der Waals surface area contributed by atoms with Crippen molar-refractivity contribution in [2.75, 3.05) is 19.6 Å². The smallest absolute Gasteiger partial charge is 0.257 e. The number of likely N-dealkylation sites (tertiary alicyclic amines) is 1. The van der Waals surface area contributed by atoms with Crippen LogP contribution in [-0.2, 0) is 17.9 Å². The minimum absolute atomic E-state index is 0.0362. The van der Waals surface area contributed by atoms with Gasteiger partial charge in [-0.05, 0) is 20.8 Å². The Labute approximate surface area is 157 Å². The van der Waals surface area contributed by atoms with Crippen LogP contribution < -0.4 is 5.32 Å². The lowest BCUT2D eigenvalue weighted by Crippen LogP contribution is -2.55. The van der Waals surface area contributed by atoms with Gasteiger partial charge in [-0.1, -0.05) is 11.6 Å². The summed E-state index contributed by atoms with van der Waals surface area (Å²) in [5.74, 6) is -0.277. The molecule has 0 radical (unpaired) electrons. The predicted octanol–water partition coefficient (Wildman–Crippen LogP) is 1.26. The predicted molar refractivity (Wildman–Crippen MR) is 97.0 cm³/mol. The van der Waals surface area contributed by atoms with Crippen LogP contribution in [0.3, 0.4) is 0 Å². The van der Waals surface area contributed by atoms with E-state index in [1.165, 1.54) is 0 Å². The largest absolute Gasteiger partial charge is 0.354 e. The lowest BCUT2D eigenvalue weighted by atomic mass is 9.98. The number of hydrogen-bond donors (Lipinski definition) is 1. The number of rotatable bonds is 6. The molecule has 8 nitrogen and oxygen atoms in total. The molecule has 0 aliphatic carbocycles. The van der Waals surface area contributed by atoms with E-state index in [9.17, 15) is 9.59 Å². The zero-order valence-corrected chi connectivity index (χ0v) is 16.0. The molecule has 2 aromatic rings. The molecule has 26 heavy (non-hydrogen) atoms. The van der Waals surface area contributed by atoms with Gasteiger partial charge < -0.3 is 10.2 Å². The number of halogens is 1. The van der Waals surface area contributed by atoms with Crippen LogP contribution in [0.1, 0.15) is 28.7 Å². The molecule has 1 N–H and O–H groups in total. The zero-order chi connectivity index (χ0) is 18.8. The third kappa shape index (κ3) is 3.60. The maximum Gasteiger partial charge on any atom is 0.257 e. The topological polar surface area (TPSA) is 85.0 Å². The van der Waals surface area contributed by atoms with Crippen molar-refractivity contribution < 1.29 is 9.59 Å². The van der Waals surface area contributed by atoms with E-state index in [0.717, 1.165) is 17.9 Å². The van der Waals surface area contributed by atoms with Crippen LogP contribution in [0, 0.1) is 19.8 Å². The van der Waals surface area contributed by atoms with Crippen LogP contribution in [-0.4, -0.2) is 55.9 Å². The van der Waals surface area contributed by atoms with Crippen LogP contribution in [0.2, 0.25) is 5.02 Å². The average Bonchev–Trinajstić information content (AvgIpc) is 3.15. The summed E-state index contributed by atoms with van der Waals surface area (Å²) < 4.78 is 3.50. The molecule has 9 heteroatoms. The highest BCUT2D eigenvalue weighted by atomic mass is 35.5. The van der Waals surface area contributed by atoms with Crippen molar-refractivity contribution in [1.82, 2.24) is 29.8 Å². The van der Waals surface area contributed by atoms with Crippen molar-refractivity contribution >= 4 is 23.4 Å². The number of carbonyl (C=O) groups excluding carboxylic acids is 2. The van der Waals surface area contributed by atoms with E-state index in [-0.39, 0.29) is 17.7 Å². The van der Waals surface area contributed by atoms with Gasteiger partial charge in [0.2, 0.25) is 5.91 Å². The summed E-state index contributed by atoms with van der Waals surface area (Å²) in [6.07, 6.45) is 3.30. The average molecular weight is 379 g/mol. The minimum atomic E-state index is -0.163. The van der Waals surface area contributed by atoms with Gasteiger partial charge in [-0.15, -0.1) is 0 Å². The fraction of sp³-hybridized carbons (Fsp3) is 0.529. The normalized spacial score (nSPS) is 14.4. The number of carbonyl (C=O) groups is 2. The lowest BCUT2D eigenvalue weighted by Gasteiger charge is -2.38. The van der Waals surface area contributed by atoms with Gasteiger partial charge in [-0.25, -0.2) is 0 Å². The van der Waals surface area contributed by atoms with Crippen LogP contribution in [0.25, 0.3) is 0 Å². The van der Waals surface area contributed by atoms with Crippen molar-refractivity contribution in [3.63, 3.8) is 0 Å². The van der Waals surface area contributed by atoms with E-state index in [0.29, 0.717) is 36.8 Å². The first kappa shape index (κ1) is 18.4. The molecular weight excluding hydrogens is 356 g/mol. The van der Waals surface area contributed by atoms with E-state index in [2.05, 4.69) is 15.5 Å². The van der Waals surface area contributed by atoms with Gasteiger partial charge in [0.1, 0.15) is 0 Å². The van der Waals surface area contributed by atoms with Gasteiger partial charge >= 0.3 is 0 Å². The van der Waals surface area contributed by atoms with Gasteiger partial charge in [0.05, 0.1) is 40.6 Å². The monoisotopic (exact) mass is 378 g/mol. The molecular formula is C17H23ClN6O2. The molecule has 1 aliphatic heterocycles. The Hall–Kier alpha value is -2.35. The molecule has 1 saturated heterocycles. The maximum atomic E-state index is 12.3. The third-order valence-corrected chi connectivity index (χ3v) is 5.21. The lowest BCUT2D eigenvalue weighted by molar-refractivity contribution is -0.129. The molecule has 0 bridgehead atoms. The highest BCUT2D eigenvalue weighted by molar-refractivity contribution is 6.31. The van der Waals surface area contributed by atoms with Gasteiger partial charge in [-0.3, -0.25) is 19.0 Å². The van der Waals surface area contributed by atoms with Crippen molar-refractivity contribution in [3.8, 4) is 0 Å². The Morgan fingerprint density at radius 2 is 2.08 bits per heavy atom. The highest BCUT2D eigenvalue weighted by Gasteiger charge is 2.36. The van der Waals surface area contributed by atoms with Gasteiger partial charge in [0, 0.05) is 32.4 Å². The number of aromatic nitrogens is 4. The summed E-state index contributed by atoms with van der Waals surface area (Å²) in [6, 6.07) is 0. The second-order valence-corrected chi connectivity index (χ2v) is 6.87. The fourth-order valence-corrected chi connectivity index (χ4v) is 3.10. The first-order chi connectivity index (χ1) is 12.4. The standard InChI is InChI=1S/C17H23ClN6O2/c1-4-23-10-13(7-20-23)17(26)22-8-14(9-22)16(25)19-5-6-24-12(3)15(18)11(2)21-24/h7,10,14H,4-6,8-9H2,1-3H3,(H,19,25). The molecule has 0 spiro atoms. The summed E-state index contributed by atoms with van der Waals surface area (Å²) >= 11 is 6.11. The summed E-state index contributed by atoms with van der Waals surface area (Å²) in [4.78, 5) is 26.2. The van der Waals surface area contributed by atoms with Crippen molar-refractivity contribution in [3.05, 3.63) is 34.4 Å². The van der Waals surface area contributed by atoms with Gasteiger partial charge in [-0.2, -0.15) is 10.2 Å². The molecule has 0 saturated carbocycles. The van der Waals surface area contributed by atoms with E-state index < -0.39 is 0 Å². The maximum absolute atomic E-state index is 12.3. The molecule has 2 amide bonds. The Bertz CT molecular complexity index is 821. The van der Waals surface area contributed by atoms with Crippen molar-refractivity contribution in [2.45, 2.75) is 33.9 Å². The van der Waals surface area contributed by atoms with Crippen LogP contribution in [0.4, 0.5) is 0 Å². The second-order valence-electron chi connectivity index (χ2n) is 6.49. The van der Waals surface area contributed by atoms with Gasteiger partial charge in [0.15, 0.2) is 0 Å². The van der Waals surface area contributed by atoms with E-state index in [1.807, 2.05) is 20.8 Å². The molecule has 0 unspecified atom stereocenters. The quantitative estimate of drug-likeness (QED) is 0.820. The first-order valence-corrected chi connectivity index (χ1v) is 9.07. The summed E-state index contributed by atoms with van der Waals surface area (Å²) in [7, 11) is 0. The third-order valence-electron chi connectivity index (χ3n) is 4.66. The van der Waals surface area contributed by atoms with Crippen LogP contribution in [0.15, 0.2) is 12.4 Å². The summed E-state index contributed by atoms with van der Waals surface area (Å²) in [5.41, 5.74) is 2.24. The molecule has 140 valence electrons. The van der Waals surface area contributed by atoms with Gasteiger partial charge in [0.25, 0.3) is 5.91 Å². The Morgan fingerprint density at radius 1 is 1.35 bits per heavy atom. The Morgan fingerprint density at radius 3 is 2.65 bits per heavy atom. The Balaban J connectivity index is 1.43. The SMILES string of the molecule is CCn1cc(C(=O)N2CC(C(=O)NCCn3nc(C)c(Cl)c3C)C2)cn1. The van der Waals surface area contributed by atoms with E-state index >= 15 is 0 Å². The molecule has 1 aliphatic rings. The minimum Gasteiger partial charge on any atom is -0.354 e. The fourth-order valence-electron chi connectivity index (χ4n) is 2.96. The highest BCUT2D eigenvalue weighted by Crippen LogP contribution is 2.20. The van der Waals surface area contributed by atoms with E-state index in [1.54, 1.807) is 26.7 Å². The zero-order valence-electron chi connectivity index (χ0n) is 15.2. The molecule has 1 fully saturated rings. The molecule has 2 aromatic heterocycles. The summed E-state index contributed by atoms with van der Waals surface area (Å²) in [5, 5.41) is 12.0. The number of aryl methyl sites for hydroxylation is 2. The van der Waals surface area contributed by atoms with Crippen LogP contribution in [0.5, 0.6) is 0 Å².